The van der Waals surface area contributed by atoms with Gasteiger partial charge in [-0.15, -0.1) is 0 Å². The average molecular weight is 218 g/mol. The van der Waals surface area contributed by atoms with Crippen LogP contribution in [0.1, 0.15) is 30.6 Å². The molecule has 0 radical (unpaired) electrons. The van der Waals surface area contributed by atoms with E-state index in [0.717, 1.165) is 18.5 Å². The summed E-state index contributed by atoms with van der Waals surface area (Å²) in [5.41, 5.74) is 1.49. The van der Waals surface area contributed by atoms with Gasteiger partial charge in [0, 0.05) is 6.54 Å². The lowest BCUT2D eigenvalue weighted by molar-refractivity contribution is 0.127. The van der Waals surface area contributed by atoms with Gasteiger partial charge in [-0.05, 0) is 37.7 Å². The van der Waals surface area contributed by atoms with E-state index in [9.17, 15) is 5.11 Å². The van der Waals surface area contributed by atoms with Gasteiger partial charge in [0.05, 0.1) is 17.7 Å². The summed E-state index contributed by atoms with van der Waals surface area (Å²) in [5, 5.41) is 18.6. The van der Waals surface area contributed by atoms with E-state index in [2.05, 4.69) is 17.9 Å². The number of nitriles is 1. The standard InChI is InChI=1S/C13H18N2O/c1-3-8-15(2)10-13(16)12-6-4-11(9-14)5-7-12/h4-7,13,16H,3,8,10H2,1-2H3. The molecule has 0 fully saturated rings. The van der Waals surface area contributed by atoms with E-state index in [1.54, 1.807) is 12.1 Å². The van der Waals surface area contributed by atoms with E-state index in [-0.39, 0.29) is 0 Å². The van der Waals surface area contributed by atoms with Crippen LogP contribution in [0.5, 0.6) is 0 Å². The van der Waals surface area contributed by atoms with Crippen LogP contribution in [0, 0.1) is 11.3 Å². The van der Waals surface area contributed by atoms with E-state index < -0.39 is 6.10 Å². The van der Waals surface area contributed by atoms with Crippen molar-refractivity contribution in [3.8, 4) is 6.07 Å². The van der Waals surface area contributed by atoms with E-state index in [4.69, 9.17) is 5.26 Å². The topological polar surface area (TPSA) is 47.3 Å². The minimum Gasteiger partial charge on any atom is -0.387 e. The third-order valence-electron chi connectivity index (χ3n) is 2.51. The van der Waals surface area contributed by atoms with Crippen LogP contribution in [0.4, 0.5) is 0 Å². The molecular weight excluding hydrogens is 200 g/mol. The largest absolute Gasteiger partial charge is 0.387 e. The number of nitrogens with zero attached hydrogens (tertiary/aromatic N) is 2. The molecule has 0 aliphatic carbocycles. The number of aliphatic hydroxyl groups excluding tert-OH is 1. The van der Waals surface area contributed by atoms with Gasteiger partial charge < -0.3 is 10.0 Å². The zero-order valence-electron chi connectivity index (χ0n) is 9.85. The van der Waals surface area contributed by atoms with Gasteiger partial charge in [0.15, 0.2) is 0 Å². The summed E-state index contributed by atoms with van der Waals surface area (Å²) < 4.78 is 0. The second-order valence-electron chi connectivity index (χ2n) is 4.01. The third kappa shape index (κ3) is 3.65. The molecule has 0 saturated heterocycles. The second-order valence-corrected chi connectivity index (χ2v) is 4.01. The smallest absolute Gasteiger partial charge is 0.0991 e. The van der Waals surface area contributed by atoms with E-state index in [1.165, 1.54) is 0 Å². The fourth-order valence-corrected chi connectivity index (χ4v) is 1.65. The molecule has 1 atom stereocenters. The molecule has 1 N–H and O–H groups in total. The van der Waals surface area contributed by atoms with Crippen molar-refractivity contribution in [3.05, 3.63) is 35.4 Å². The molecule has 86 valence electrons. The van der Waals surface area contributed by atoms with Crippen molar-refractivity contribution in [1.82, 2.24) is 4.90 Å². The lowest BCUT2D eigenvalue weighted by atomic mass is 10.1. The van der Waals surface area contributed by atoms with Gasteiger partial charge in [-0.1, -0.05) is 19.1 Å². The molecule has 1 aromatic rings. The average Bonchev–Trinajstić information content (AvgIpc) is 2.29. The molecule has 0 saturated carbocycles. The summed E-state index contributed by atoms with van der Waals surface area (Å²) in [7, 11) is 2.00. The number of aliphatic hydroxyl groups is 1. The van der Waals surface area contributed by atoms with Crippen LogP contribution in [0.25, 0.3) is 0 Å². The Balaban J connectivity index is 2.59. The summed E-state index contributed by atoms with van der Waals surface area (Å²) in [6.45, 7) is 3.72. The SMILES string of the molecule is CCCN(C)CC(O)c1ccc(C#N)cc1. The van der Waals surface area contributed by atoms with Crippen LogP contribution < -0.4 is 0 Å². The van der Waals surface area contributed by atoms with Crippen molar-refractivity contribution in [2.24, 2.45) is 0 Å². The van der Waals surface area contributed by atoms with Crippen LogP contribution in [0.2, 0.25) is 0 Å². The lowest BCUT2D eigenvalue weighted by Gasteiger charge is -2.20. The molecule has 0 bridgehead atoms. The minimum atomic E-state index is -0.482. The normalized spacial score (nSPS) is 12.4. The number of likely N-dealkylation sites (N-methyl/N-ethyl adjacent to an activating group) is 1. The molecule has 1 aromatic carbocycles. The summed E-state index contributed by atoms with van der Waals surface area (Å²) in [6, 6.07) is 9.15. The fraction of sp³-hybridized carbons (Fsp3) is 0.462. The number of hydrogen-bond acceptors (Lipinski definition) is 3. The Bertz CT molecular complexity index is 353. The molecule has 0 aliphatic heterocycles. The Morgan fingerprint density at radius 3 is 2.50 bits per heavy atom. The van der Waals surface area contributed by atoms with Crippen LogP contribution >= 0.6 is 0 Å². The number of rotatable bonds is 5. The van der Waals surface area contributed by atoms with Crippen molar-refractivity contribution < 1.29 is 5.11 Å². The zero-order valence-corrected chi connectivity index (χ0v) is 9.85. The van der Waals surface area contributed by atoms with E-state index >= 15 is 0 Å². The second kappa shape index (κ2) is 6.26. The van der Waals surface area contributed by atoms with E-state index in [0.29, 0.717) is 12.1 Å². The first kappa shape index (κ1) is 12.7. The maximum atomic E-state index is 9.96. The first-order valence-corrected chi connectivity index (χ1v) is 5.54. The molecule has 0 aliphatic rings. The third-order valence-corrected chi connectivity index (χ3v) is 2.51. The molecule has 1 unspecified atom stereocenters. The predicted octanol–water partition coefficient (Wildman–Crippen LogP) is 1.93. The lowest BCUT2D eigenvalue weighted by Crippen LogP contribution is -2.25. The van der Waals surface area contributed by atoms with Gasteiger partial charge in [0.2, 0.25) is 0 Å². The summed E-state index contributed by atoms with van der Waals surface area (Å²) in [4.78, 5) is 2.10. The monoisotopic (exact) mass is 218 g/mol. The van der Waals surface area contributed by atoms with Gasteiger partial charge in [-0.3, -0.25) is 0 Å². The molecule has 3 heteroatoms. The summed E-state index contributed by atoms with van der Waals surface area (Å²) >= 11 is 0. The maximum absolute atomic E-state index is 9.96. The number of hydrogen-bond donors (Lipinski definition) is 1. The molecule has 3 nitrogen and oxygen atoms in total. The quantitative estimate of drug-likeness (QED) is 0.821. The molecule has 1 rings (SSSR count). The van der Waals surface area contributed by atoms with Gasteiger partial charge >= 0.3 is 0 Å². The van der Waals surface area contributed by atoms with Gasteiger partial charge in [0.1, 0.15) is 0 Å². The molecule has 0 amide bonds. The molecule has 0 heterocycles. The fourth-order valence-electron chi connectivity index (χ4n) is 1.65. The summed E-state index contributed by atoms with van der Waals surface area (Å²) in [6.07, 6.45) is 0.598. The van der Waals surface area contributed by atoms with Crippen LogP contribution in [0.3, 0.4) is 0 Å². The Morgan fingerprint density at radius 2 is 2.00 bits per heavy atom. The highest BCUT2D eigenvalue weighted by Crippen LogP contribution is 2.14. The number of benzene rings is 1. The van der Waals surface area contributed by atoms with Crippen molar-refractivity contribution in [2.45, 2.75) is 19.4 Å². The van der Waals surface area contributed by atoms with Crippen molar-refractivity contribution in [1.29, 1.82) is 5.26 Å². The maximum Gasteiger partial charge on any atom is 0.0991 e. The van der Waals surface area contributed by atoms with Crippen molar-refractivity contribution in [2.75, 3.05) is 20.1 Å². The Morgan fingerprint density at radius 1 is 1.38 bits per heavy atom. The Labute approximate surface area is 96.9 Å². The van der Waals surface area contributed by atoms with Crippen molar-refractivity contribution >= 4 is 0 Å². The van der Waals surface area contributed by atoms with Gasteiger partial charge in [0.25, 0.3) is 0 Å². The van der Waals surface area contributed by atoms with Gasteiger partial charge in [-0.25, -0.2) is 0 Å². The Kier molecular flexibility index (Phi) is 4.97. The van der Waals surface area contributed by atoms with Crippen LogP contribution in [-0.4, -0.2) is 30.1 Å². The summed E-state index contributed by atoms with van der Waals surface area (Å²) in [5.74, 6) is 0. The van der Waals surface area contributed by atoms with Crippen LogP contribution in [-0.2, 0) is 0 Å². The van der Waals surface area contributed by atoms with Crippen molar-refractivity contribution in [3.63, 3.8) is 0 Å². The van der Waals surface area contributed by atoms with E-state index in [1.807, 2.05) is 19.2 Å². The predicted molar refractivity (Wildman–Crippen MR) is 63.9 cm³/mol. The molecule has 0 spiro atoms. The van der Waals surface area contributed by atoms with Crippen LogP contribution in [0.15, 0.2) is 24.3 Å². The minimum absolute atomic E-state index is 0.482. The molecule has 0 aromatic heterocycles. The zero-order chi connectivity index (χ0) is 12.0. The highest BCUT2D eigenvalue weighted by atomic mass is 16.3. The highest BCUT2D eigenvalue weighted by molar-refractivity contribution is 5.32. The van der Waals surface area contributed by atoms with Gasteiger partial charge in [-0.2, -0.15) is 5.26 Å². The first-order valence-electron chi connectivity index (χ1n) is 5.54. The highest BCUT2D eigenvalue weighted by Gasteiger charge is 2.09. The molecular formula is C13H18N2O. The molecule has 16 heavy (non-hydrogen) atoms. The Hall–Kier alpha value is -1.37. The first-order chi connectivity index (χ1) is 7.67.